The van der Waals surface area contributed by atoms with Crippen LogP contribution in [0.4, 0.5) is 0 Å². The lowest BCUT2D eigenvalue weighted by Crippen LogP contribution is -2.43. The number of hydrogen-bond donors (Lipinski definition) is 0. The van der Waals surface area contributed by atoms with Crippen LogP contribution >= 0.6 is 11.3 Å². The molecule has 6 rings (SSSR count). The van der Waals surface area contributed by atoms with Gasteiger partial charge in [-0.15, -0.1) is 0 Å². The van der Waals surface area contributed by atoms with Crippen LogP contribution in [0.1, 0.15) is 57.7 Å². The number of thiazole rings is 1. The third-order valence-corrected chi connectivity index (χ3v) is 9.67. The molecule has 46 heavy (non-hydrogen) atoms. The Bertz CT molecular complexity index is 2160. The predicted octanol–water partition coefficient (Wildman–Crippen LogP) is 6.60. The first-order chi connectivity index (χ1) is 22.4. The number of likely N-dealkylation sites (N-methyl/N-ethyl adjacent to an activating group) is 1. The number of rotatable bonds is 10. The van der Waals surface area contributed by atoms with E-state index in [4.69, 9.17) is 14.5 Å². The number of unbranched alkanes of at least 4 members (excludes halogenated alkanes) is 1. The molecule has 1 aliphatic rings. The monoisotopic (exact) mass is 633 g/mol. The van der Waals surface area contributed by atoms with Crippen LogP contribution in [0.3, 0.4) is 0 Å². The smallest absolute Gasteiger partial charge is 0.271 e. The zero-order valence-corrected chi connectivity index (χ0v) is 27.8. The van der Waals surface area contributed by atoms with E-state index < -0.39 is 6.04 Å². The lowest BCUT2D eigenvalue weighted by Gasteiger charge is -2.30. The fourth-order valence-corrected chi connectivity index (χ4v) is 7.32. The Kier molecular flexibility index (Phi) is 9.08. The molecule has 4 aromatic carbocycles. The molecule has 1 atom stereocenters. The molecule has 0 bridgehead atoms. The minimum atomic E-state index is -0.736. The van der Waals surface area contributed by atoms with Crippen LogP contribution in [0.5, 0.6) is 11.5 Å². The van der Waals surface area contributed by atoms with Gasteiger partial charge >= 0.3 is 0 Å². The van der Waals surface area contributed by atoms with E-state index in [1.165, 1.54) is 11.3 Å². The lowest BCUT2D eigenvalue weighted by molar-refractivity contribution is -0.127. The molecule has 1 amide bonds. The molecule has 0 aliphatic carbocycles. The molecular weight excluding hydrogens is 595 g/mol. The number of carbonyl (C=O) groups is 1. The van der Waals surface area contributed by atoms with Crippen LogP contribution in [0, 0.1) is 0 Å². The van der Waals surface area contributed by atoms with E-state index in [1.54, 1.807) is 16.6 Å². The predicted molar refractivity (Wildman–Crippen MR) is 187 cm³/mol. The summed E-state index contributed by atoms with van der Waals surface area (Å²) in [6, 6.07) is 23.3. The van der Waals surface area contributed by atoms with E-state index in [0.717, 1.165) is 51.3 Å². The van der Waals surface area contributed by atoms with Gasteiger partial charge in [0.05, 0.1) is 29.5 Å². The molecule has 0 spiro atoms. The number of hydrogen-bond acceptors (Lipinski definition) is 6. The number of ether oxygens (including phenoxy) is 2. The van der Waals surface area contributed by atoms with Crippen molar-refractivity contribution in [2.75, 3.05) is 26.8 Å². The molecule has 0 saturated carbocycles. The highest BCUT2D eigenvalue weighted by Crippen LogP contribution is 2.40. The fraction of sp³-hybridized carbons (Fsp3) is 0.289. The summed E-state index contributed by atoms with van der Waals surface area (Å²) in [6.45, 7) is 9.59. The van der Waals surface area contributed by atoms with Crippen molar-refractivity contribution in [3.63, 3.8) is 0 Å². The maximum Gasteiger partial charge on any atom is 0.271 e. The van der Waals surface area contributed by atoms with Gasteiger partial charge in [-0.3, -0.25) is 14.2 Å². The molecule has 0 saturated heterocycles. The molecule has 0 fully saturated rings. The number of amides is 1. The molecule has 1 aromatic heterocycles. The Hall–Kier alpha value is -4.69. The van der Waals surface area contributed by atoms with Crippen molar-refractivity contribution in [2.45, 2.75) is 46.6 Å². The van der Waals surface area contributed by atoms with Crippen LogP contribution < -0.4 is 24.4 Å². The highest BCUT2D eigenvalue weighted by Gasteiger charge is 2.36. The second-order valence-corrected chi connectivity index (χ2v) is 12.4. The quantitative estimate of drug-likeness (QED) is 0.163. The van der Waals surface area contributed by atoms with Crippen molar-refractivity contribution < 1.29 is 14.3 Å². The normalized spacial score (nSPS) is 14.8. The van der Waals surface area contributed by atoms with E-state index in [9.17, 15) is 9.59 Å². The molecule has 0 unspecified atom stereocenters. The van der Waals surface area contributed by atoms with E-state index in [-0.39, 0.29) is 11.5 Å². The highest BCUT2D eigenvalue weighted by molar-refractivity contribution is 7.07. The summed E-state index contributed by atoms with van der Waals surface area (Å²) in [5, 5.41) is 3.98. The van der Waals surface area contributed by atoms with Gasteiger partial charge in [0, 0.05) is 24.2 Å². The standard InChI is InChI=1S/C38H39N3O4S/c1-6-9-22-45-30-20-18-25-14-10-12-16-27(25)29(30)23-32-36(42)41-35(34-28-17-13-11-15-26(28)19-21-31(34)44-5)33(24(4)39-38(41)46-32)37(43)40(7-2)8-3/h10-21,23,35H,6-9,22H2,1-5H3/b32-23+/t35-/m0/s1. The van der Waals surface area contributed by atoms with Crippen molar-refractivity contribution >= 4 is 44.9 Å². The first-order valence-electron chi connectivity index (χ1n) is 15.9. The van der Waals surface area contributed by atoms with Crippen molar-refractivity contribution in [2.24, 2.45) is 4.99 Å². The van der Waals surface area contributed by atoms with Crippen LogP contribution in [0.15, 0.2) is 93.9 Å². The van der Waals surface area contributed by atoms with Gasteiger partial charge in [0.1, 0.15) is 17.5 Å². The van der Waals surface area contributed by atoms with E-state index in [2.05, 4.69) is 25.1 Å². The summed E-state index contributed by atoms with van der Waals surface area (Å²) in [5.41, 5.74) is 2.48. The van der Waals surface area contributed by atoms with E-state index >= 15 is 0 Å². The van der Waals surface area contributed by atoms with Gasteiger partial charge in [0.25, 0.3) is 11.5 Å². The van der Waals surface area contributed by atoms with Crippen LogP contribution in [0.25, 0.3) is 27.6 Å². The zero-order valence-electron chi connectivity index (χ0n) is 27.0. The summed E-state index contributed by atoms with van der Waals surface area (Å²) in [4.78, 5) is 36.2. The molecule has 236 valence electrons. The minimum absolute atomic E-state index is 0.138. The number of allylic oxidation sites excluding steroid dienone is 1. The van der Waals surface area contributed by atoms with Crippen LogP contribution in [-0.2, 0) is 4.79 Å². The maximum absolute atomic E-state index is 14.7. The van der Waals surface area contributed by atoms with E-state index in [0.29, 0.717) is 46.0 Å². The highest BCUT2D eigenvalue weighted by atomic mass is 32.1. The second kappa shape index (κ2) is 13.3. The van der Waals surface area contributed by atoms with Crippen molar-refractivity contribution in [1.29, 1.82) is 0 Å². The zero-order chi connectivity index (χ0) is 32.4. The molecule has 5 aromatic rings. The average molecular weight is 634 g/mol. The molecule has 0 radical (unpaired) electrons. The number of methoxy groups -OCH3 is 1. The lowest BCUT2D eigenvalue weighted by atomic mass is 9.90. The molecule has 1 aliphatic heterocycles. The first kappa shape index (κ1) is 31.3. The third kappa shape index (κ3) is 5.51. The number of benzene rings is 4. The van der Waals surface area contributed by atoms with Gasteiger partial charge in [0.15, 0.2) is 4.80 Å². The summed E-state index contributed by atoms with van der Waals surface area (Å²) >= 11 is 1.33. The Morgan fingerprint density at radius 1 is 0.935 bits per heavy atom. The van der Waals surface area contributed by atoms with Crippen molar-refractivity contribution in [3.8, 4) is 11.5 Å². The van der Waals surface area contributed by atoms with Gasteiger partial charge in [-0.1, -0.05) is 85.3 Å². The SMILES string of the molecule is CCCCOc1ccc2ccccc2c1/C=c1/sc2n(c1=O)[C@H](c1c(OC)ccc3ccccc13)C(C(=O)N(CC)CC)=C(C)N=2. The Morgan fingerprint density at radius 3 is 2.26 bits per heavy atom. The molecule has 0 N–H and O–H groups in total. The topological polar surface area (TPSA) is 73.1 Å². The molecular formula is C38H39N3O4S. The third-order valence-electron chi connectivity index (χ3n) is 8.69. The van der Waals surface area contributed by atoms with Crippen molar-refractivity contribution in [1.82, 2.24) is 9.47 Å². The van der Waals surface area contributed by atoms with Gasteiger partial charge < -0.3 is 14.4 Å². The Balaban J connectivity index is 1.65. The molecule has 7 nitrogen and oxygen atoms in total. The second-order valence-electron chi connectivity index (χ2n) is 11.4. The minimum Gasteiger partial charge on any atom is -0.496 e. The number of carbonyl (C=O) groups excluding carboxylic acids is 1. The number of aromatic nitrogens is 1. The summed E-state index contributed by atoms with van der Waals surface area (Å²) < 4.78 is 14.4. The van der Waals surface area contributed by atoms with E-state index in [1.807, 2.05) is 81.4 Å². The largest absolute Gasteiger partial charge is 0.496 e. The Labute approximate surface area is 272 Å². The average Bonchev–Trinajstić information content (AvgIpc) is 3.38. The van der Waals surface area contributed by atoms with Crippen LogP contribution in [-0.4, -0.2) is 42.2 Å². The fourth-order valence-electron chi connectivity index (χ4n) is 6.29. The van der Waals surface area contributed by atoms with Gasteiger partial charge in [-0.2, -0.15) is 0 Å². The number of fused-ring (bicyclic) bond motifs is 3. The van der Waals surface area contributed by atoms with Crippen LogP contribution in [0.2, 0.25) is 0 Å². The van der Waals surface area contributed by atoms with Gasteiger partial charge in [-0.25, -0.2) is 4.99 Å². The number of nitrogens with zero attached hydrogens (tertiary/aromatic N) is 3. The Morgan fingerprint density at radius 2 is 1.59 bits per heavy atom. The van der Waals surface area contributed by atoms with Gasteiger partial charge in [0.2, 0.25) is 0 Å². The molecule has 8 heteroatoms. The first-order valence-corrected chi connectivity index (χ1v) is 16.7. The summed E-state index contributed by atoms with van der Waals surface area (Å²) in [5.74, 6) is 1.21. The van der Waals surface area contributed by atoms with Gasteiger partial charge in [-0.05, 0) is 66.9 Å². The summed E-state index contributed by atoms with van der Waals surface area (Å²) in [6.07, 6.45) is 3.88. The maximum atomic E-state index is 14.7. The summed E-state index contributed by atoms with van der Waals surface area (Å²) in [7, 11) is 1.63. The van der Waals surface area contributed by atoms with Crippen molar-refractivity contribution in [3.05, 3.63) is 115 Å². The molecule has 2 heterocycles.